The fraction of sp³-hybridized carbons (Fsp3) is 0.294. The average Bonchev–Trinajstić information content (AvgIpc) is 3.22. The van der Waals surface area contributed by atoms with Crippen molar-refractivity contribution in [3.8, 4) is 0 Å². The van der Waals surface area contributed by atoms with E-state index in [9.17, 15) is 4.79 Å². The van der Waals surface area contributed by atoms with Gasteiger partial charge in [0.2, 0.25) is 0 Å². The molecule has 1 aliphatic heterocycles. The maximum Gasteiger partial charge on any atom is 0.318 e. The van der Waals surface area contributed by atoms with Crippen LogP contribution in [0.25, 0.3) is 10.9 Å². The second kappa shape index (κ2) is 5.87. The van der Waals surface area contributed by atoms with Crippen molar-refractivity contribution in [2.24, 2.45) is 0 Å². The van der Waals surface area contributed by atoms with Gasteiger partial charge in [-0.2, -0.15) is 0 Å². The highest BCUT2D eigenvalue weighted by atomic mass is 35.5. The summed E-state index contributed by atoms with van der Waals surface area (Å²) in [5, 5.41) is 8.59. The van der Waals surface area contributed by atoms with Gasteiger partial charge in [-0.3, -0.25) is 0 Å². The number of hydrogen-bond donors (Lipinski definition) is 1. The maximum absolute atomic E-state index is 12.5. The van der Waals surface area contributed by atoms with E-state index in [4.69, 9.17) is 16.1 Å². The average molecular weight is 345 g/mol. The third-order valence-electron chi connectivity index (χ3n) is 4.45. The molecule has 3 heterocycles. The van der Waals surface area contributed by atoms with Crippen molar-refractivity contribution in [1.82, 2.24) is 19.9 Å². The molecule has 1 unspecified atom stereocenters. The van der Waals surface area contributed by atoms with Gasteiger partial charge >= 0.3 is 6.03 Å². The fourth-order valence-electron chi connectivity index (χ4n) is 3.16. The van der Waals surface area contributed by atoms with Crippen molar-refractivity contribution in [3.05, 3.63) is 53.0 Å². The first-order valence-electron chi connectivity index (χ1n) is 7.86. The highest BCUT2D eigenvalue weighted by molar-refractivity contribution is 6.35. The Hall–Kier alpha value is -2.47. The zero-order valence-corrected chi connectivity index (χ0v) is 14.0. The predicted molar refractivity (Wildman–Crippen MR) is 90.8 cm³/mol. The van der Waals surface area contributed by atoms with Crippen molar-refractivity contribution >= 4 is 28.5 Å². The SMILES string of the molecule is CC(NC(=O)N1CCn2c(cc3c(Cl)cccc32)C1)c1ccon1. The lowest BCUT2D eigenvalue weighted by atomic mass is 10.2. The smallest absolute Gasteiger partial charge is 0.318 e. The second-order valence-electron chi connectivity index (χ2n) is 5.98. The van der Waals surface area contributed by atoms with E-state index < -0.39 is 0 Å². The number of rotatable bonds is 2. The number of amides is 2. The van der Waals surface area contributed by atoms with Gasteiger partial charge in [0.15, 0.2) is 0 Å². The molecule has 2 aromatic heterocycles. The summed E-state index contributed by atoms with van der Waals surface area (Å²) in [5.41, 5.74) is 2.92. The van der Waals surface area contributed by atoms with Gasteiger partial charge in [-0.25, -0.2) is 4.79 Å². The molecule has 1 atom stereocenters. The predicted octanol–water partition coefficient (Wildman–Crippen LogP) is 3.57. The molecule has 24 heavy (non-hydrogen) atoms. The summed E-state index contributed by atoms with van der Waals surface area (Å²) in [7, 11) is 0. The lowest BCUT2D eigenvalue weighted by Crippen LogP contribution is -2.44. The molecule has 1 aromatic carbocycles. The Kier molecular flexibility index (Phi) is 3.69. The Morgan fingerprint density at radius 1 is 1.38 bits per heavy atom. The standard InChI is InChI=1S/C17H17ClN4O2/c1-11(15-5-8-24-20-15)19-17(23)21-6-7-22-12(10-21)9-13-14(18)3-2-4-16(13)22/h2-5,8-9,11H,6-7,10H2,1H3,(H,19,23). The van der Waals surface area contributed by atoms with E-state index in [-0.39, 0.29) is 12.1 Å². The van der Waals surface area contributed by atoms with Crippen LogP contribution < -0.4 is 5.32 Å². The van der Waals surface area contributed by atoms with Gasteiger partial charge in [0.1, 0.15) is 12.0 Å². The minimum atomic E-state index is -0.196. The third kappa shape index (κ3) is 2.53. The van der Waals surface area contributed by atoms with E-state index in [1.807, 2.05) is 19.1 Å². The van der Waals surface area contributed by atoms with Gasteiger partial charge < -0.3 is 19.3 Å². The Balaban J connectivity index is 1.53. The van der Waals surface area contributed by atoms with E-state index in [0.29, 0.717) is 18.8 Å². The zero-order chi connectivity index (χ0) is 16.7. The summed E-state index contributed by atoms with van der Waals surface area (Å²) in [6.07, 6.45) is 1.50. The largest absolute Gasteiger partial charge is 0.364 e. The van der Waals surface area contributed by atoms with Gasteiger partial charge in [0, 0.05) is 40.8 Å². The number of halogens is 1. The Morgan fingerprint density at radius 2 is 2.25 bits per heavy atom. The van der Waals surface area contributed by atoms with Crippen LogP contribution in [-0.2, 0) is 13.1 Å². The van der Waals surface area contributed by atoms with E-state index >= 15 is 0 Å². The summed E-state index contributed by atoms with van der Waals surface area (Å²) < 4.78 is 7.05. The summed E-state index contributed by atoms with van der Waals surface area (Å²) >= 11 is 6.28. The van der Waals surface area contributed by atoms with Crippen molar-refractivity contribution in [2.45, 2.75) is 26.1 Å². The van der Waals surface area contributed by atoms with Crippen LogP contribution in [0.3, 0.4) is 0 Å². The van der Waals surface area contributed by atoms with Crippen molar-refractivity contribution in [3.63, 3.8) is 0 Å². The molecule has 0 fully saturated rings. The van der Waals surface area contributed by atoms with E-state index in [2.05, 4.69) is 27.2 Å². The maximum atomic E-state index is 12.5. The lowest BCUT2D eigenvalue weighted by molar-refractivity contribution is 0.180. The van der Waals surface area contributed by atoms with Crippen LogP contribution in [0.4, 0.5) is 4.79 Å². The van der Waals surface area contributed by atoms with Gasteiger partial charge in [-0.05, 0) is 25.1 Å². The Morgan fingerprint density at radius 3 is 3.04 bits per heavy atom. The number of nitrogens with one attached hydrogen (secondary N) is 1. The number of nitrogens with zero attached hydrogens (tertiary/aromatic N) is 3. The number of fused-ring (bicyclic) bond motifs is 3. The molecule has 0 saturated carbocycles. The lowest BCUT2D eigenvalue weighted by Gasteiger charge is -2.30. The number of carbonyl (C=O) groups is 1. The third-order valence-corrected chi connectivity index (χ3v) is 4.78. The van der Waals surface area contributed by atoms with Crippen LogP contribution in [-0.4, -0.2) is 27.2 Å². The first-order valence-corrected chi connectivity index (χ1v) is 8.23. The molecule has 0 bridgehead atoms. The molecule has 7 heteroatoms. The Bertz CT molecular complexity index is 888. The van der Waals surface area contributed by atoms with Gasteiger partial charge in [0.05, 0.1) is 12.6 Å². The quantitative estimate of drug-likeness (QED) is 0.773. The first-order chi connectivity index (χ1) is 11.6. The van der Waals surface area contributed by atoms with Crippen LogP contribution in [0, 0.1) is 0 Å². The zero-order valence-electron chi connectivity index (χ0n) is 13.2. The van der Waals surface area contributed by atoms with E-state index in [0.717, 1.165) is 28.2 Å². The van der Waals surface area contributed by atoms with Crippen molar-refractivity contribution in [1.29, 1.82) is 0 Å². The number of carbonyl (C=O) groups excluding carboxylic acids is 1. The van der Waals surface area contributed by atoms with E-state index in [1.54, 1.807) is 11.0 Å². The van der Waals surface area contributed by atoms with Crippen molar-refractivity contribution < 1.29 is 9.32 Å². The van der Waals surface area contributed by atoms with Crippen LogP contribution in [0.15, 0.2) is 41.1 Å². The highest BCUT2D eigenvalue weighted by Crippen LogP contribution is 2.29. The molecular formula is C17H17ClN4O2. The molecule has 0 aliphatic carbocycles. The molecule has 0 radical (unpaired) electrons. The van der Waals surface area contributed by atoms with Crippen LogP contribution in [0.1, 0.15) is 24.4 Å². The second-order valence-corrected chi connectivity index (χ2v) is 6.38. The number of hydrogen-bond acceptors (Lipinski definition) is 3. The minimum Gasteiger partial charge on any atom is -0.364 e. The molecule has 0 saturated heterocycles. The van der Waals surface area contributed by atoms with Crippen LogP contribution in [0.2, 0.25) is 5.02 Å². The van der Waals surface area contributed by atoms with Crippen LogP contribution in [0.5, 0.6) is 0 Å². The summed E-state index contributed by atoms with van der Waals surface area (Å²) in [4.78, 5) is 14.3. The minimum absolute atomic E-state index is 0.104. The van der Waals surface area contributed by atoms with Crippen LogP contribution >= 0.6 is 11.6 Å². The molecule has 124 valence electrons. The molecule has 0 spiro atoms. The molecule has 1 aliphatic rings. The molecular weight excluding hydrogens is 328 g/mol. The monoisotopic (exact) mass is 344 g/mol. The fourth-order valence-corrected chi connectivity index (χ4v) is 3.39. The molecule has 2 amide bonds. The highest BCUT2D eigenvalue weighted by Gasteiger charge is 2.24. The molecule has 1 N–H and O–H groups in total. The van der Waals surface area contributed by atoms with Gasteiger partial charge in [0.25, 0.3) is 0 Å². The number of aromatic nitrogens is 2. The topological polar surface area (TPSA) is 63.3 Å². The summed E-state index contributed by atoms with van der Waals surface area (Å²) in [5.74, 6) is 0. The van der Waals surface area contributed by atoms with Gasteiger partial charge in [-0.1, -0.05) is 22.8 Å². The number of urea groups is 1. The summed E-state index contributed by atoms with van der Waals surface area (Å²) in [6, 6.07) is 9.43. The molecule has 4 rings (SSSR count). The number of benzene rings is 1. The Labute approximate surface area is 144 Å². The van der Waals surface area contributed by atoms with Gasteiger partial charge in [-0.15, -0.1) is 0 Å². The summed E-state index contributed by atoms with van der Waals surface area (Å²) in [6.45, 7) is 3.85. The first kappa shape index (κ1) is 15.1. The molecule has 6 nitrogen and oxygen atoms in total. The van der Waals surface area contributed by atoms with Crippen molar-refractivity contribution in [2.75, 3.05) is 6.54 Å². The van der Waals surface area contributed by atoms with E-state index in [1.165, 1.54) is 6.26 Å². The normalized spacial score (nSPS) is 15.3. The molecule has 3 aromatic rings.